The highest BCUT2D eigenvalue weighted by molar-refractivity contribution is 7.46. The molecule has 0 unspecified atom stereocenters. The molecule has 0 atom stereocenters. The van der Waals surface area contributed by atoms with Gasteiger partial charge in [0.25, 0.3) is 5.91 Å². The van der Waals surface area contributed by atoms with Gasteiger partial charge >= 0.3 is 7.82 Å². The molecule has 0 aromatic rings. The summed E-state index contributed by atoms with van der Waals surface area (Å²) in [6.45, 7) is 5.32. The number of phosphoric ester groups is 1. The Morgan fingerprint density at radius 3 is 2.41 bits per heavy atom. The molecule has 17 heavy (non-hydrogen) atoms. The monoisotopic (exact) mass is 267 g/mol. The summed E-state index contributed by atoms with van der Waals surface area (Å²) >= 11 is 0. The zero-order chi connectivity index (χ0) is 13.5. The van der Waals surface area contributed by atoms with Gasteiger partial charge in [-0.1, -0.05) is 6.58 Å². The predicted octanol–water partition coefficient (Wildman–Crippen LogP) is 0.842. The lowest BCUT2D eigenvalue weighted by atomic mass is 10.3. The fourth-order valence-corrected chi connectivity index (χ4v) is 1.40. The Morgan fingerprint density at radius 2 is 2.00 bits per heavy atom. The van der Waals surface area contributed by atoms with Crippen molar-refractivity contribution in [3.05, 3.63) is 12.2 Å². The van der Waals surface area contributed by atoms with Crippen molar-refractivity contribution in [1.29, 1.82) is 0 Å². The number of hydrogen-bond acceptors (Lipinski definition) is 4. The smallest absolute Gasteiger partial charge is 0.303 e. The molecule has 0 aliphatic heterocycles. The Labute approximate surface area is 100 Å². The number of rotatable bonds is 8. The highest BCUT2D eigenvalue weighted by Gasteiger charge is 2.15. The predicted molar refractivity (Wildman–Crippen MR) is 60.8 cm³/mol. The Bertz CT molecular complexity index is 313. The van der Waals surface area contributed by atoms with E-state index in [4.69, 9.17) is 14.6 Å². The summed E-state index contributed by atoms with van der Waals surface area (Å²) in [5.74, 6) is -0.316. The van der Waals surface area contributed by atoms with Crippen LogP contribution in [0.25, 0.3) is 0 Å². The molecule has 0 saturated heterocycles. The van der Waals surface area contributed by atoms with Crippen molar-refractivity contribution in [3.63, 3.8) is 0 Å². The van der Waals surface area contributed by atoms with E-state index in [0.29, 0.717) is 25.0 Å². The Hall–Kier alpha value is -0.720. The number of amides is 1. The molecule has 0 aromatic carbocycles. The van der Waals surface area contributed by atoms with Crippen molar-refractivity contribution in [1.82, 2.24) is 5.06 Å². The van der Waals surface area contributed by atoms with Crippen LogP contribution in [0.4, 0.5) is 0 Å². The second-order valence-electron chi connectivity index (χ2n) is 3.40. The second kappa shape index (κ2) is 7.58. The molecule has 0 radical (unpaired) electrons. The molecule has 0 saturated carbocycles. The fourth-order valence-electron chi connectivity index (χ4n) is 1.03. The van der Waals surface area contributed by atoms with E-state index in [2.05, 4.69) is 11.1 Å². The van der Waals surface area contributed by atoms with Crippen molar-refractivity contribution < 1.29 is 28.5 Å². The molecule has 0 heterocycles. The van der Waals surface area contributed by atoms with Gasteiger partial charge in [-0.05, 0) is 19.8 Å². The highest BCUT2D eigenvalue weighted by atomic mass is 31.2. The summed E-state index contributed by atoms with van der Waals surface area (Å²) in [5.41, 5.74) is 0.360. The minimum absolute atomic E-state index is 0.0664. The lowest BCUT2D eigenvalue weighted by Crippen LogP contribution is -2.31. The van der Waals surface area contributed by atoms with E-state index in [1.165, 1.54) is 7.11 Å². The maximum atomic E-state index is 11.4. The van der Waals surface area contributed by atoms with Crippen molar-refractivity contribution in [2.24, 2.45) is 0 Å². The van der Waals surface area contributed by atoms with Crippen LogP contribution in [0.15, 0.2) is 12.2 Å². The van der Waals surface area contributed by atoms with Crippen molar-refractivity contribution in [3.8, 4) is 0 Å². The topological polar surface area (TPSA) is 96.3 Å². The molecule has 0 fully saturated rings. The zero-order valence-corrected chi connectivity index (χ0v) is 10.9. The van der Waals surface area contributed by atoms with Gasteiger partial charge in [-0.25, -0.2) is 9.63 Å². The van der Waals surface area contributed by atoms with Crippen molar-refractivity contribution >= 4 is 13.7 Å². The summed E-state index contributed by atoms with van der Waals surface area (Å²) < 4.78 is 14.6. The third-order valence-corrected chi connectivity index (χ3v) is 2.35. The first-order valence-electron chi connectivity index (χ1n) is 4.99. The third kappa shape index (κ3) is 8.06. The molecule has 0 rings (SSSR count). The molecule has 1 amide bonds. The largest absolute Gasteiger partial charge is 0.469 e. The van der Waals surface area contributed by atoms with Gasteiger partial charge in [0.15, 0.2) is 0 Å². The number of phosphoric acid groups is 1. The maximum Gasteiger partial charge on any atom is 0.469 e. The van der Waals surface area contributed by atoms with E-state index in [1.54, 1.807) is 6.92 Å². The maximum absolute atomic E-state index is 11.4. The normalized spacial score (nSPS) is 11.3. The molecule has 0 spiro atoms. The lowest BCUT2D eigenvalue weighted by molar-refractivity contribution is -0.171. The number of carbonyl (C=O) groups is 1. The minimum atomic E-state index is -4.40. The van der Waals surface area contributed by atoms with Crippen molar-refractivity contribution in [2.45, 2.75) is 19.8 Å². The molecule has 2 N–H and O–H groups in total. The average molecular weight is 267 g/mol. The van der Waals surface area contributed by atoms with Crippen LogP contribution in [-0.2, 0) is 18.7 Å². The summed E-state index contributed by atoms with van der Waals surface area (Å²) in [6, 6.07) is 0. The van der Waals surface area contributed by atoms with Gasteiger partial charge < -0.3 is 9.79 Å². The SMILES string of the molecule is C=C(C)C(=O)N(CCCCOP(=O)(O)O)OC. The van der Waals surface area contributed by atoms with E-state index >= 15 is 0 Å². The summed E-state index contributed by atoms with van der Waals surface area (Å²) in [7, 11) is -3.03. The van der Waals surface area contributed by atoms with Crippen LogP contribution in [0.1, 0.15) is 19.8 Å². The number of carbonyl (C=O) groups excluding carboxylic acids is 1. The summed E-state index contributed by atoms with van der Waals surface area (Å²) in [4.78, 5) is 33.1. The van der Waals surface area contributed by atoms with Crippen LogP contribution in [-0.4, -0.2) is 41.0 Å². The molecule has 7 nitrogen and oxygen atoms in total. The number of hydrogen-bond donors (Lipinski definition) is 2. The Morgan fingerprint density at radius 1 is 1.41 bits per heavy atom. The van der Waals surface area contributed by atoms with Crippen LogP contribution in [0.3, 0.4) is 0 Å². The highest BCUT2D eigenvalue weighted by Crippen LogP contribution is 2.35. The molecule has 0 aromatic heterocycles. The Balaban J connectivity index is 3.82. The van der Waals surface area contributed by atoms with Gasteiger partial charge in [0.2, 0.25) is 0 Å². The van der Waals surface area contributed by atoms with Gasteiger partial charge in [-0.3, -0.25) is 14.2 Å². The first-order chi connectivity index (χ1) is 7.78. The van der Waals surface area contributed by atoms with Crippen LogP contribution < -0.4 is 0 Å². The van der Waals surface area contributed by atoms with E-state index in [1.807, 2.05) is 0 Å². The molecule has 0 bridgehead atoms. The Kier molecular flexibility index (Phi) is 7.26. The number of nitrogens with zero attached hydrogens (tertiary/aromatic N) is 1. The average Bonchev–Trinajstić information content (AvgIpc) is 2.20. The number of hydroxylamine groups is 2. The quantitative estimate of drug-likeness (QED) is 0.293. The first-order valence-corrected chi connectivity index (χ1v) is 6.52. The molecular weight excluding hydrogens is 249 g/mol. The fraction of sp³-hybridized carbons (Fsp3) is 0.667. The lowest BCUT2D eigenvalue weighted by Gasteiger charge is -2.19. The zero-order valence-electron chi connectivity index (χ0n) is 9.96. The van der Waals surface area contributed by atoms with Gasteiger partial charge in [0.1, 0.15) is 0 Å². The van der Waals surface area contributed by atoms with E-state index in [0.717, 1.165) is 5.06 Å². The standard InChI is InChI=1S/C9H18NO6P/c1-8(2)9(11)10(15-3)6-4-5-7-16-17(12,13)14/h1,4-7H2,2-3H3,(H2,12,13,14). The van der Waals surface area contributed by atoms with Gasteiger partial charge in [0, 0.05) is 12.1 Å². The molecule has 0 aliphatic carbocycles. The minimum Gasteiger partial charge on any atom is -0.303 e. The van der Waals surface area contributed by atoms with Crippen LogP contribution in [0.2, 0.25) is 0 Å². The summed E-state index contributed by atoms with van der Waals surface area (Å²) in [6.07, 6.45) is 0.918. The molecule has 100 valence electrons. The summed E-state index contributed by atoms with van der Waals surface area (Å²) in [5, 5.41) is 1.14. The van der Waals surface area contributed by atoms with Crippen LogP contribution >= 0.6 is 7.82 Å². The van der Waals surface area contributed by atoms with E-state index in [9.17, 15) is 9.36 Å². The number of unbranched alkanes of at least 4 members (excludes halogenated alkanes) is 1. The second-order valence-corrected chi connectivity index (χ2v) is 4.64. The first kappa shape index (κ1) is 16.3. The van der Waals surface area contributed by atoms with Crippen molar-refractivity contribution in [2.75, 3.05) is 20.3 Å². The van der Waals surface area contributed by atoms with Gasteiger partial charge in [-0.2, -0.15) is 0 Å². The van der Waals surface area contributed by atoms with Crippen LogP contribution in [0.5, 0.6) is 0 Å². The van der Waals surface area contributed by atoms with E-state index in [-0.39, 0.29) is 12.5 Å². The van der Waals surface area contributed by atoms with E-state index < -0.39 is 7.82 Å². The molecule has 0 aliphatic rings. The van der Waals surface area contributed by atoms with Gasteiger partial charge in [0.05, 0.1) is 13.7 Å². The third-order valence-electron chi connectivity index (χ3n) is 1.83. The molecular formula is C9H18NO6P. The molecule has 8 heteroatoms. The van der Waals surface area contributed by atoms with Crippen LogP contribution in [0, 0.1) is 0 Å². The van der Waals surface area contributed by atoms with Gasteiger partial charge in [-0.15, -0.1) is 0 Å².